The van der Waals surface area contributed by atoms with Gasteiger partial charge < -0.3 is 25.8 Å². The number of rotatable bonds is 11. The maximum atomic E-state index is 13.1. The highest BCUT2D eigenvalue weighted by atomic mass is 79.9. The van der Waals surface area contributed by atoms with E-state index < -0.39 is 0 Å². The van der Waals surface area contributed by atoms with Crippen molar-refractivity contribution in [1.82, 2.24) is 49.1 Å². The fourth-order valence-corrected chi connectivity index (χ4v) is 11.6. The van der Waals surface area contributed by atoms with Crippen LogP contribution < -0.4 is 27.1 Å². The lowest BCUT2D eigenvalue weighted by atomic mass is 9.78. The molecule has 2 fully saturated rings. The molecule has 17 heteroatoms. The van der Waals surface area contributed by atoms with Gasteiger partial charge in [0.2, 0.25) is 11.9 Å². The minimum atomic E-state index is -0.256. The van der Waals surface area contributed by atoms with Crippen molar-refractivity contribution in [1.29, 1.82) is 10.5 Å². The number of pyridine rings is 2. The van der Waals surface area contributed by atoms with E-state index in [1.807, 2.05) is 12.1 Å². The highest BCUT2D eigenvalue weighted by Gasteiger charge is 2.32. The second kappa shape index (κ2) is 23.0. The topological polar surface area (TPSA) is 189 Å². The number of fused-ring (bicyclic) bond motifs is 4. The fraction of sp³-hybridized carbons (Fsp3) is 0.500. The number of hydrogen-bond donors (Lipinski definition) is 3. The third-order valence-corrected chi connectivity index (χ3v) is 15.0. The molecule has 0 atom stereocenters. The molecule has 0 saturated heterocycles. The van der Waals surface area contributed by atoms with Gasteiger partial charge in [-0.25, -0.2) is 9.97 Å². The van der Waals surface area contributed by atoms with Crippen LogP contribution in [0.2, 0.25) is 0 Å². The Morgan fingerprint density at radius 2 is 1.18 bits per heavy atom. The molecule has 0 radical (unpaired) electrons. The monoisotopic (exact) mass is 1050 g/mol. The Bertz CT molecular complexity index is 3150. The number of anilines is 4. The SMILES string of the molecule is CC1(C)CNCc2cc(Nc3ncc4cc(C#N)c(=O)n(C5CCCC5)c4n3)ccc21.CN(C)CCBr.CN(C)CCN1Cc2cc(Nc3ncc4cc(C#N)c(=O)n(C5CCCC5)c4n3)ccc2C(C)(C)C1. The van der Waals surface area contributed by atoms with Crippen molar-refractivity contribution in [2.24, 2.45) is 0 Å². The normalized spacial score (nSPS) is 17.3. The van der Waals surface area contributed by atoms with Crippen molar-refractivity contribution in [3.63, 3.8) is 0 Å². The van der Waals surface area contributed by atoms with Crippen LogP contribution in [-0.2, 0) is 23.9 Å². The van der Waals surface area contributed by atoms with Crippen LogP contribution >= 0.6 is 15.9 Å². The first-order chi connectivity index (χ1) is 35.0. The van der Waals surface area contributed by atoms with Gasteiger partial charge in [-0.15, -0.1) is 0 Å². The number of nitrogens with zero attached hydrogens (tertiary/aromatic N) is 11. The molecule has 16 nitrogen and oxygen atoms in total. The lowest BCUT2D eigenvalue weighted by Crippen LogP contribution is -2.44. The van der Waals surface area contributed by atoms with Crippen LogP contribution in [0.1, 0.15) is 125 Å². The molecule has 0 amide bonds. The minimum Gasteiger partial charge on any atom is -0.324 e. The molecule has 2 aliphatic heterocycles. The van der Waals surface area contributed by atoms with E-state index in [1.165, 1.54) is 22.3 Å². The maximum Gasteiger partial charge on any atom is 0.270 e. The van der Waals surface area contributed by atoms with Gasteiger partial charge in [-0.05, 0) is 113 Å². The summed E-state index contributed by atoms with van der Waals surface area (Å²) in [5.41, 5.74) is 8.32. The summed E-state index contributed by atoms with van der Waals surface area (Å²) in [6, 6.07) is 20.3. The lowest BCUT2D eigenvalue weighted by Gasteiger charge is -2.40. The molecule has 2 aliphatic carbocycles. The maximum absolute atomic E-state index is 13.1. The van der Waals surface area contributed by atoms with Crippen molar-refractivity contribution < 1.29 is 0 Å². The summed E-state index contributed by atoms with van der Waals surface area (Å²) in [5.74, 6) is 0.907. The number of alkyl halides is 1. The van der Waals surface area contributed by atoms with Crippen LogP contribution in [0.4, 0.5) is 23.3 Å². The Morgan fingerprint density at radius 3 is 1.63 bits per heavy atom. The smallest absolute Gasteiger partial charge is 0.270 e. The average molecular weight is 1050 g/mol. The van der Waals surface area contributed by atoms with E-state index in [1.54, 1.807) is 33.7 Å². The molecule has 6 heterocycles. The molecule has 0 unspecified atom stereocenters. The number of hydrogen-bond acceptors (Lipinski definition) is 14. The van der Waals surface area contributed by atoms with Gasteiger partial charge in [0.25, 0.3) is 11.1 Å². The van der Waals surface area contributed by atoms with E-state index in [0.29, 0.717) is 34.0 Å². The van der Waals surface area contributed by atoms with Gasteiger partial charge in [0.05, 0.1) is 0 Å². The van der Waals surface area contributed by atoms with E-state index in [-0.39, 0.29) is 45.2 Å². The third kappa shape index (κ3) is 12.3. The Labute approximate surface area is 438 Å². The predicted octanol–water partition coefficient (Wildman–Crippen LogP) is 9.02. The summed E-state index contributed by atoms with van der Waals surface area (Å²) < 4.78 is 3.44. The fourth-order valence-electron chi connectivity index (χ4n) is 10.9. The average Bonchev–Trinajstić information content (AvgIpc) is 4.09. The van der Waals surface area contributed by atoms with Crippen LogP contribution in [0.15, 0.2) is 70.5 Å². The second-order valence-corrected chi connectivity index (χ2v) is 22.7. The Kier molecular flexibility index (Phi) is 16.8. The van der Waals surface area contributed by atoms with Crippen molar-refractivity contribution in [3.8, 4) is 12.1 Å². The van der Waals surface area contributed by atoms with Crippen LogP contribution in [-0.4, -0.2) is 110 Å². The molecule has 2 saturated carbocycles. The van der Waals surface area contributed by atoms with Crippen LogP contribution in [0.25, 0.3) is 22.1 Å². The van der Waals surface area contributed by atoms with Gasteiger partial charge >= 0.3 is 0 Å². The number of halogens is 1. The van der Waals surface area contributed by atoms with Crippen LogP contribution in [0.5, 0.6) is 0 Å². The van der Waals surface area contributed by atoms with Crippen molar-refractivity contribution >= 4 is 61.3 Å². The molecule has 4 aliphatic rings. The first-order valence-corrected chi connectivity index (χ1v) is 26.8. The largest absolute Gasteiger partial charge is 0.324 e. The van der Waals surface area contributed by atoms with E-state index in [0.717, 1.165) is 114 Å². The molecule has 2 aromatic carbocycles. The molecule has 73 heavy (non-hydrogen) atoms. The van der Waals surface area contributed by atoms with Gasteiger partial charge in [-0.1, -0.05) is 81.4 Å². The third-order valence-electron chi connectivity index (χ3n) is 14.6. The number of aromatic nitrogens is 6. The van der Waals surface area contributed by atoms with Gasteiger partial charge in [-0.2, -0.15) is 20.5 Å². The van der Waals surface area contributed by atoms with Gasteiger partial charge in [0, 0.05) is 109 Å². The Hall–Kier alpha value is -6.08. The van der Waals surface area contributed by atoms with E-state index >= 15 is 0 Å². The predicted molar refractivity (Wildman–Crippen MR) is 295 cm³/mol. The summed E-state index contributed by atoms with van der Waals surface area (Å²) in [7, 11) is 8.34. The summed E-state index contributed by atoms with van der Waals surface area (Å²) in [6.07, 6.45) is 11.5. The number of nitrogens with one attached hydrogen (secondary N) is 3. The van der Waals surface area contributed by atoms with Gasteiger partial charge in [-0.3, -0.25) is 23.6 Å². The van der Waals surface area contributed by atoms with Crippen molar-refractivity contribution in [2.75, 3.05) is 76.9 Å². The molecule has 0 bridgehead atoms. The van der Waals surface area contributed by atoms with E-state index in [2.05, 4.69) is 149 Å². The number of nitriles is 2. The number of benzene rings is 2. The number of likely N-dealkylation sites (N-methyl/N-ethyl adjacent to an activating group) is 1. The highest BCUT2D eigenvalue weighted by molar-refractivity contribution is 9.09. The quantitative estimate of drug-likeness (QED) is 0.104. The summed E-state index contributed by atoms with van der Waals surface area (Å²) >= 11 is 3.31. The van der Waals surface area contributed by atoms with Crippen molar-refractivity contribution in [3.05, 3.63) is 115 Å². The zero-order valence-electron chi connectivity index (χ0n) is 43.9. The Balaban J connectivity index is 0.000000177. The molecule has 10 rings (SSSR count). The molecule has 6 aromatic rings. The Morgan fingerprint density at radius 1 is 0.699 bits per heavy atom. The standard InChI is InChI=1S/C28H35N7O.C24H26N6O.C4H10BrN/c1-28(2)18-34(12-11-33(3)4)17-21-14-22(9-10-24(21)28)31-27-30-16-20-13-19(15-29)26(36)35(25(20)32-27)23-7-5-6-8-23;1-24(2)14-26-12-16-10-18(7-8-20(16)24)28-23-27-13-17-9-15(11-25)22(31)30(21(17)29-23)19-5-3-4-6-19;1-6(2)4-3-5/h9-10,13-14,16,23H,5-8,11-12,17-18H2,1-4H3,(H,30,31,32);7-10,13,19,26H,3-6,12,14H2,1-2H3,(H,27,28,29);3-4H2,1-2H3. The molecule has 3 N–H and O–H groups in total. The zero-order chi connectivity index (χ0) is 52.0. The summed E-state index contributed by atoms with van der Waals surface area (Å²) in [6.45, 7) is 16.1. The van der Waals surface area contributed by atoms with Gasteiger partial charge in [0.1, 0.15) is 34.6 Å². The summed E-state index contributed by atoms with van der Waals surface area (Å²) in [5, 5.41) is 31.6. The second-order valence-electron chi connectivity index (χ2n) is 21.9. The molecule has 0 spiro atoms. The molecule has 4 aromatic heterocycles. The van der Waals surface area contributed by atoms with E-state index in [9.17, 15) is 20.1 Å². The van der Waals surface area contributed by atoms with Gasteiger partial charge in [0.15, 0.2) is 0 Å². The first kappa shape index (κ1) is 53.2. The lowest BCUT2D eigenvalue weighted by molar-refractivity contribution is 0.178. The van der Waals surface area contributed by atoms with E-state index in [4.69, 9.17) is 9.97 Å². The minimum absolute atomic E-state index is 0.0771. The molecular weight excluding hydrogens is 981 g/mol. The molecular formula is C56H71BrN14O2. The van der Waals surface area contributed by atoms with Crippen molar-refractivity contribution in [2.45, 2.75) is 115 Å². The first-order valence-electron chi connectivity index (χ1n) is 25.7. The summed E-state index contributed by atoms with van der Waals surface area (Å²) in [4.78, 5) is 51.3. The van der Waals surface area contributed by atoms with Crippen LogP contribution in [0, 0.1) is 22.7 Å². The zero-order valence-corrected chi connectivity index (χ0v) is 45.4. The van der Waals surface area contributed by atoms with Crippen LogP contribution in [0.3, 0.4) is 0 Å². The molecule has 384 valence electrons. The highest BCUT2D eigenvalue weighted by Crippen LogP contribution is 2.37.